The van der Waals surface area contributed by atoms with Gasteiger partial charge in [-0.2, -0.15) is 0 Å². The van der Waals surface area contributed by atoms with Crippen LogP contribution in [0.3, 0.4) is 0 Å². The van der Waals surface area contributed by atoms with Gasteiger partial charge in [0.05, 0.1) is 24.5 Å². The van der Waals surface area contributed by atoms with Crippen molar-refractivity contribution in [3.8, 4) is 0 Å². The summed E-state index contributed by atoms with van der Waals surface area (Å²) in [6.45, 7) is 2.37. The number of amides is 3. The molecule has 3 N–H and O–H groups in total. The third kappa shape index (κ3) is 3.84. The molecular weight excluding hydrogens is 478 g/mol. The van der Waals surface area contributed by atoms with Crippen molar-refractivity contribution >= 4 is 39.3 Å². The molecule has 1 aromatic carbocycles. The highest BCUT2D eigenvalue weighted by Crippen LogP contribution is 2.60. The number of hydrogen-bond donors (Lipinski definition) is 3. The first kappa shape index (κ1) is 23.2. The van der Waals surface area contributed by atoms with Crippen LogP contribution in [0, 0.1) is 11.8 Å². The number of aliphatic hydroxyl groups excluding tert-OH is 1. The molecule has 8 nitrogen and oxygen atoms in total. The maximum atomic E-state index is 13.5. The van der Waals surface area contributed by atoms with Crippen LogP contribution in [-0.2, 0) is 19.1 Å². The van der Waals surface area contributed by atoms with E-state index in [-0.39, 0.29) is 35.7 Å². The molecule has 3 saturated heterocycles. The zero-order chi connectivity index (χ0) is 22.9. The molecule has 9 heteroatoms. The van der Waals surface area contributed by atoms with E-state index in [1.165, 1.54) is 4.90 Å². The van der Waals surface area contributed by atoms with E-state index in [0.717, 1.165) is 19.3 Å². The average molecular weight is 508 g/mol. The fourth-order valence-electron chi connectivity index (χ4n) is 5.51. The number of nitrogens with zero attached hydrogens (tertiary/aromatic N) is 1. The molecule has 0 radical (unpaired) electrons. The van der Waals surface area contributed by atoms with Crippen LogP contribution in [0.15, 0.2) is 30.3 Å². The monoisotopic (exact) mass is 507 g/mol. The third-order valence-electron chi connectivity index (χ3n) is 6.80. The molecule has 3 amide bonds. The number of ether oxygens (including phenoxy) is 1. The van der Waals surface area contributed by atoms with E-state index in [4.69, 9.17) is 4.74 Å². The second kappa shape index (κ2) is 9.49. The Labute approximate surface area is 196 Å². The second-order valence-corrected chi connectivity index (χ2v) is 9.95. The molecule has 1 spiro atoms. The number of carbonyl (C=O) groups excluding carboxylic acids is 3. The molecule has 3 fully saturated rings. The maximum absolute atomic E-state index is 13.5. The van der Waals surface area contributed by atoms with Crippen LogP contribution < -0.4 is 10.6 Å². The van der Waals surface area contributed by atoms with Gasteiger partial charge in [-0.05, 0) is 25.0 Å². The number of unbranched alkanes of at least 4 members (excludes halogenated alkanes) is 2. The molecule has 3 heterocycles. The van der Waals surface area contributed by atoms with Crippen molar-refractivity contribution in [2.75, 3.05) is 25.0 Å². The summed E-state index contributed by atoms with van der Waals surface area (Å²) < 4.78 is 6.36. The van der Waals surface area contributed by atoms with Gasteiger partial charge in [-0.15, -0.1) is 0 Å². The fourth-order valence-corrected chi connectivity index (χ4v) is 6.45. The Kier molecular flexibility index (Phi) is 6.88. The van der Waals surface area contributed by atoms with Gasteiger partial charge in [-0.3, -0.25) is 14.4 Å². The minimum atomic E-state index is -1.08. The van der Waals surface area contributed by atoms with Crippen LogP contribution in [0.1, 0.15) is 32.6 Å². The van der Waals surface area contributed by atoms with E-state index in [1.807, 2.05) is 18.2 Å². The van der Waals surface area contributed by atoms with Crippen molar-refractivity contribution in [3.63, 3.8) is 0 Å². The normalized spacial score (nSPS) is 32.8. The average Bonchev–Trinajstić information content (AvgIpc) is 3.36. The molecule has 3 unspecified atom stereocenters. The first-order valence-corrected chi connectivity index (χ1v) is 12.2. The quantitative estimate of drug-likeness (QED) is 0.348. The van der Waals surface area contributed by atoms with Crippen molar-refractivity contribution < 1.29 is 24.2 Å². The summed E-state index contributed by atoms with van der Waals surface area (Å²) in [6, 6.07) is 8.21. The van der Waals surface area contributed by atoms with E-state index in [2.05, 4.69) is 33.5 Å². The standard InChI is InChI=1S/C23H30BrN3O5/c1-2-3-7-10-25-21(30)19-23-13-15(24)18(32-23)16(17(23)22(31)27(19)11-12-28)20(29)26-14-8-5-4-6-9-14/h4-6,8-9,15-19,28H,2-3,7,10-13H2,1H3,(H,25,30)(H,26,29)/t15?,16-,17+,18-,19?,23?/m1/s1. The van der Waals surface area contributed by atoms with E-state index in [0.29, 0.717) is 18.7 Å². The summed E-state index contributed by atoms with van der Waals surface area (Å²) in [7, 11) is 0. The summed E-state index contributed by atoms with van der Waals surface area (Å²) >= 11 is 3.63. The van der Waals surface area contributed by atoms with Crippen molar-refractivity contribution in [2.45, 2.75) is 55.2 Å². The number of benzene rings is 1. The second-order valence-electron chi connectivity index (χ2n) is 8.77. The van der Waals surface area contributed by atoms with Gasteiger partial charge < -0.3 is 25.4 Å². The Morgan fingerprint density at radius 2 is 2.00 bits per heavy atom. The lowest BCUT2D eigenvalue weighted by Crippen LogP contribution is -2.56. The highest BCUT2D eigenvalue weighted by Gasteiger charge is 2.76. The first-order valence-electron chi connectivity index (χ1n) is 11.3. The summed E-state index contributed by atoms with van der Waals surface area (Å²) in [5, 5.41) is 15.4. The highest BCUT2D eigenvalue weighted by atomic mass is 79.9. The molecule has 1 aromatic rings. The van der Waals surface area contributed by atoms with Gasteiger partial charge in [0, 0.05) is 23.6 Å². The Bertz CT molecular complexity index is 868. The largest absolute Gasteiger partial charge is 0.395 e. The number of carbonyl (C=O) groups is 3. The molecule has 0 aliphatic carbocycles. The Morgan fingerprint density at radius 1 is 1.25 bits per heavy atom. The zero-order valence-corrected chi connectivity index (χ0v) is 19.7. The summed E-state index contributed by atoms with van der Waals surface area (Å²) in [4.78, 5) is 41.3. The number of hydrogen-bond acceptors (Lipinski definition) is 5. The lowest BCUT2D eigenvalue weighted by molar-refractivity contribution is -0.141. The van der Waals surface area contributed by atoms with Gasteiger partial charge in [-0.1, -0.05) is 53.9 Å². The van der Waals surface area contributed by atoms with Gasteiger partial charge in [0.25, 0.3) is 0 Å². The highest BCUT2D eigenvalue weighted by molar-refractivity contribution is 9.09. The maximum Gasteiger partial charge on any atom is 0.245 e. The van der Waals surface area contributed by atoms with E-state index in [9.17, 15) is 19.5 Å². The molecule has 32 heavy (non-hydrogen) atoms. The lowest BCUT2D eigenvalue weighted by atomic mass is 9.70. The number of halogens is 1. The Morgan fingerprint density at radius 3 is 2.69 bits per heavy atom. The van der Waals surface area contributed by atoms with Gasteiger partial charge >= 0.3 is 0 Å². The van der Waals surface area contributed by atoms with Crippen LogP contribution >= 0.6 is 15.9 Å². The van der Waals surface area contributed by atoms with Gasteiger partial charge in [0.2, 0.25) is 17.7 Å². The molecule has 0 aromatic heterocycles. The van der Waals surface area contributed by atoms with Crippen LogP contribution in [-0.4, -0.2) is 70.0 Å². The van der Waals surface area contributed by atoms with Gasteiger partial charge in [0.1, 0.15) is 11.6 Å². The number of nitrogens with one attached hydrogen (secondary N) is 2. The number of rotatable bonds is 9. The van der Waals surface area contributed by atoms with E-state index >= 15 is 0 Å². The number of alkyl halides is 1. The third-order valence-corrected chi connectivity index (χ3v) is 7.65. The van der Waals surface area contributed by atoms with Crippen molar-refractivity contribution in [1.29, 1.82) is 0 Å². The van der Waals surface area contributed by atoms with Crippen molar-refractivity contribution in [3.05, 3.63) is 30.3 Å². The number of aliphatic hydroxyl groups is 1. The molecule has 3 aliphatic heterocycles. The van der Waals surface area contributed by atoms with Crippen molar-refractivity contribution in [2.24, 2.45) is 11.8 Å². The molecule has 2 bridgehead atoms. The molecular formula is C23H30BrN3O5. The number of fused-ring (bicyclic) bond motifs is 1. The van der Waals surface area contributed by atoms with Crippen molar-refractivity contribution in [1.82, 2.24) is 10.2 Å². The zero-order valence-electron chi connectivity index (χ0n) is 18.1. The minimum absolute atomic E-state index is 0.0259. The van der Waals surface area contributed by atoms with Crippen LogP contribution in [0.5, 0.6) is 0 Å². The summed E-state index contributed by atoms with van der Waals surface area (Å²) in [5.74, 6) is -2.36. The van der Waals surface area contributed by atoms with Gasteiger partial charge in [-0.25, -0.2) is 0 Å². The smallest absolute Gasteiger partial charge is 0.245 e. The fraction of sp³-hybridized carbons (Fsp3) is 0.609. The molecule has 6 atom stereocenters. The van der Waals surface area contributed by atoms with Crippen LogP contribution in [0.25, 0.3) is 0 Å². The SMILES string of the molecule is CCCCCNC(=O)C1N(CCO)C(=O)[C@@H]2[C@@H](C(=O)Nc3ccccc3)[C@@H]3OC12CC3Br. The molecule has 174 valence electrons. The summed E-state index contributed by atoms with van der Waals surface area (Å²) in [6.07, 6.45) is 2.85. The predicted octanol–water partition coefficient (Wildman–Crippen LogP) is 1.67. The van der Waals surface area contributed by atoms with Crippen LogP contribution in [0.2, 0.25) is 0 Å². The van der Waals surface area contributed by atoms with E-state index in [1.54, 1.807) is 12.1 Å². The lowest BCUT2D eigenvalue weighted by Gasteiger charge is -2.34. The summed E-state index contributed by atoms with van der Waals surface area (Å²) in [5.41, 5.74) is -0.443. The predicted molar refractivity (Wildman–Crippen MR) is 122 cm³/mol. The van der Waals surface area contributed by atoms with Crippen LogP contribution in [0.4, 0.5) is 5.69 Å². The number of para-hydroxylation sites is 1. The molecule has 4 rings (SSSR count). The number of likely N-dealkylation sites (tertiary alicyclic amines) is 1. The Balaban J connectivity index is 1.61. The topological polar surface area (TPSA) is 108 Å². The molecule has 0 saturated carbocycles. The minimum Gasteiger partial charge on any atom is -0.395 e. The van der Waals surface area contributed by atoms with E-state index < -0.39 is 29.6 Å². The number of anilines is 1. The van der Waals surface area contributed by atoms with Gasteiger partial charge in [0.15, 0.2) is 0 Å². The Hall–Kier alpha value is -1.97. The molecule has 3 aliphatic rings. The first-order chi connectivity index (χ1) is 15.4. The number of β-amino-alcohol motifs (C(OH)–C–C–N with tert-alkyl or cyclic N) is 1.